The second-order valence-electron chi connectivity index (χ2n) is 8.75. The molecule has 0 saturated heterocycles. The first-order chi connectivity index (χ1) is 17.9. The maximum absolute atomic E-state index is 14.3. The lowest BCUT2D eigenvalue weighted by atomic mass is 9.89. The molecule has 3 rings (SSSR count). The molecular weight excluding hydrogens is 466 g/mol. The smallest absolute Gasteiger partial charge is 0.240 e. The molecule has 8 nitrogen and oxygen atoms in total. The average Bonchev–Trinajstić information content (AvgIpc) is 2.91. The van der Waals surface area contributed by atoms with Crippen LogP contribution in [0, 0.1) is 0 Å². The summed E-state index contributed by atoms with van der Waals surface area (Å²) < 4.78 is 5.25. The van der Waals surface area contributed by atoms with E-state index in [9.17, 15) is 9.59 Å². The van der Waals surface area contributed by atoms with Gasteiger partial charge in [0.05, 0.1) is 13.0 Å². The standard InChI is InChI=1S/C29H35N5O3/c1-37-24-16-14-21(15-17-24)18-20-34(25(27(30)35)13-8-19-33-29(31)32)28(36)26(22-9-4-2-5-10-22)23-11-6-3-7-12-23/h2-7,9-12,14-17,25-26H,8,13,18-20H2,1H3,(H2,30,35)(H4,31,32,33)/t25-/m0/s1. The number of carbonyl (C=O) groups excluding carboxylic acids is 2. The van der Waals surface area contributed by atoms with Gasteiger partial charge in [0.1, 0.15) is 11.8 Å². The molecule has 0 heterocycles. The van der Waals surface area contributed by atoms with Gasteiger partial charge in [-0.15, -0.1) is 0 Å². The maximum atomic E-state index is 14.3. The van der Waals surface area contributed by atoms with Gasteiger partial charge in [0.25, 0.3) is 0 Å². The molecule has 6 N–H and O–H groups in total. The first-order valence-corrected chi connectivity index (χ1v) is 12.3. The van der Waals surface area contributed by atoms with Gasteiger partial charge in [0.15, 0.2) is 5.96 Å². The van der Waals surface area contributed by atoms with Gasteiger partial charge in [0.2, 0.25) is 11.8 Å². The van der Waals surface area contributed by atoms with E-state index in [1.807, 2.05) is 84.9 Å². The Bertz CT molecular complexity index is 1120. The van der Waals surface area contributed by atoms with Crippen molar-refractivity contribution in [3.05, 3.63) is 102 Å². The molecule has 0 aliphatic rings. The van der Waals surface area contributed by atoms with Crippen LogP contribution in [0.3, 0.4) is 0 Å². The molecule has 1 atom stereocenters. The Morgan fingerprint density at radius 3 is 1.92 bits per heavy atom. The van der Waals surface area contributed by atoms with Crippen molar-refractivity contribution >= 4 is 17.8 Å². The van der Waals surface area contributed by atoms with E-state index in [1.165, 1.54) is 0 Å². The summed E-state index contributed by atoms with van der Waals surface area (Å²) in [6.45, 7) is 0.657. The molecule has 0 aromatic heterocycles. The number of benzene rings is 3. The van der Waals surface area contributed by atoms with Gasteiger partial charge in [0, 0.05) is 13.1 Å². The molecule has 0 aliphatic heterocycles. The molecule has 0 radical (unpaired) electrons. The first-order valence-electron chi connectivity index (χ1n) is 12.3. The zero-order valence-electron chi connectivity index (χ0n) is 21.1. The van der Waals surface area contributed by atoms with Crippen LogP contribution in [0.15, 0.2) is 89.9 Å². The highest BCUT2D eigenvalue weighted by molar-refractivity contribution is 5.92. The minimum absolute atomic E-state index is 0.0173. The summed E-state index contributed by atoms with van der Waals surface area (Å²) in [5.74, 6) is -0.599. The van der Waals surface area contributed by atoms with Gasteiger partial charge in [-0.3, -0.25) is 14.6 Å². The summed E-state index contributed by atoms with van der Waals surface area (Å²) >= 11 is 0. The van der Waals surface area contributed by atoms with Gasteiger partial charge in [-0.25, -0.2) is 0 Å². The molecule has 0 bridgehead atoms. The summed E-state index contributed by atoms with van der Waals surface area (Å²) in [6, 6.07) is 26.0. The van der Waals surface area contributed by atoms with Crippen LogP contribution in [0.1, 0.15) is 35.4 Å². The number of nitrogens with two attached hydrogens (primary N) is 3. The molecule has 0 saturated carbocycles. The monoisotopic (exact) mass is 501 g/mol. The van der Waals surface area contributed by atoms with Crippen molar-refractivity contribution in [1.82, 2.24) is 4.90 Å². The van der Waals surface area contributed by atoms with E-state index >= 15 is 0 Å². The van der Waals surface area contributed by atoms with E-state index in [4.69, 9.17) is 21.9 Å². The number of hydrogen-bond acceptors (Lipinski definition) is 4. The van der Waals surface area contributed by atoms with Crippen LogP contribution in [0.25, 0.3) is 0 Å². The third-order valence-corrected chi connectivity index (χ3v) is 6.23. The zero-order chi connectivity index (χ0) is 26.6. The third kappa shape index (κ3) is 7.83. The Hall–Kier alpha value is -4.33. The topological polar surface area (TPSA) is 137 Å². The molecule has 0 unspecified atom stereocenters. The van der Waals surface area contributed by atoms with Crippen molar-refractivity contribution in [2.45, 2.75) is 31.2 Å². The fraction of sp³-hybridized carbons (Fsp3) is 0.276. The SMILES string of the molecule is COc1ccc(CCN(C(=O)C(c2ccccc2)c2ccccc2)[C@@H](CCCN=C(N)N)C(N)=O)cc1. The Kier molecular flexibility index (Phi) is 10.1. The lowest BCUT2D eigenvalue weighted by molar-refractivity contribution is -0.140. The zero-order valence-corrected chi connectivity index (χ0v) is 21.1. The van der Waals surface area contributed by atoms with Gasteiger partial charge in [-0.05, 0) is 48.1 Å². The van der Waals surface area contributed by atoms with Crippen LogP contribution < -0.4 is 21.9 Å². The van der Waals surface area contributed by atoms with E-state index in [-0.39, 0.29) is 11.9 Å². The number of aliphatic imine (C=N–C) groups is 1. The van der Waals surface area contributed by atoms with Gasteiger partial charge in [-0.2, -0.15) is 0 Å². The van der Waals surface area contributed by atoms with Crippen molar-refractivity contribution in [1.29, 1.82) is 0 Å². The number of amides is 2. The molecule has 2 amide bonds. The van der Waals surface area contributed by atoms with Gasteiger partial charge < -0.3 is 26.8 Å². The second kappa shape index (κ2) is 13.7. The summed E-state index contributed by atoms with van der Waals surface area (Å²) in [7, 11) is 1.61. The number of guanidine groups is 1. The Labute approximate surface area is 218 Å². The number of nitrogens with zero attached hydrogens (tertiary/aromatic N) is 2. The Morgan fingerprint density at radius 1 is 0.865 bits per heavy atom. The quantitative estimate of drug-likeness (QED) is 0.188. The largest absolute Gasteiger partial charge is 0.497 e. The Morgan fingerprint density at radius 2 is 1.43 bits per heavy atom. The van der Waals surface area contributed by atoms with Crippen LogP contribution in [0.5, 0.6) is 5.75 Å². The predicted octanol–water partition coefficient (Wildman–Crippen LogP) is 2.81. The highest BCUT2D eigenvalue weighted by Gasteiger charge is 2.34. The molecule has 3 aromatic rings. The predicted molar refractivity (Wildman–Crippen MR) is 146 cm³/mol. The molecule has 37 heavy (non-hydrogen) atoms. The summed E-state index contributed by atoms with van der Waals surface area (Å²) in [5, 5.41) is 0. The molecule has 0 spiro atoms. The van der Waals surface area contributed by atoms with E-state index in [1.54, 1.807) is 12.0 Å². The number of primary amides is 1. The van der Waals surface area contributed by atoms with E-state index in [0.717, 1.165) is 22.4 Å². The first kappa shape index (κ1) is 27.3. The normalized spacial score (nSPS) is 11.5. The Balaban J connectivity index is 1.95. The second-order valence-corrected chi connectivity index (χ2v) is 8.75. The molecule has 3 aromatic carbocycles. The highest BCUT2D eigenvalue weighted by Crippen LogP contribution is 2.28. The minimum atomic E-state index is -0.810. The van der Waals surface area contributed by atoms with Crippen LogP contribution in [0.4, 0.5) is 0 Å². The fourth-order valence-electron chi connectivity index (χ4n) is 4.34. The van der Waals surface area contributed by atoms with Crippen molar-refractivity contribution in [3.8, 4) is 5.75 Å². The lowest BCUT2D eigenvalue weighted by Gasteiger charge is -2.33. The molecule has 0 aliphatic carbocycles. The van der Waals surface area contributed by atoms with E-state index in [2.05, 4.69) is 4.99 Å². The summed E-state index contributed by atoms with van der Waals surface area (Å²) in [5.41, 5.74) is 19.5. The number of rotatable bonds is 13. The van der Waals surface area contributed by atoms with Crippen LogP contribution in [-0.2, 0) is 16.0 Å². The molecule has 194 valence electrons. The number of hydrogen-bond donors (Lipinski definition) is 3. The number of ether oxygens (including phenoxy) is 1. The van der Waals surface area contributed by atoms with Crippen molar-refractivity contribution < 1.29 is 14.3 Å². The van der Waals surface area contributed by atoms with Gasteiger partial charge >= 0.3 is 0 Å². The molecule has 8 heteroatoms. The lowest BCUT2D eigenvalue weighted by Crippen LogP contribution is -2.50. The minimum Gasteiger partial charge on any atom is -0.497 e. The van der Waals surface area contributed by atoms with E-state index < -0.39 is 17.9 Å². The number of carbonyl (C=O) groups is 2. The van der Waals surface area contributed by atoms with Gasteiger partial charge in [-0.1, -0.05) is 72.8 Å². The van der Waals surface area contributed by atoms with E-state index in [0.29, 0.717) is 32.4 Å². The maximum Gasteiger partial charge on any atom is 0.240 e. The number of methoxy groups -OCH3 is 1. The van der Waals surface area contributed by atoms with Crippen LogP contribution in [-0.4, -0.2) is 48.9 Å². The molecular formula is C29H35N5O3. The third-order valence-electron chi connectivity index (χ3n) is 6.23. The summed E-state index contributed by atoms with van der Waals surface area (Å²) in [6.07, 6.45) is 1.39. The van der Waals surface area contributed by atoms with Crippen molar-refractivity contribution in [2.24, 2.45) is 22.2 Å². The van der Waals surface area contributed by atoms with Crippen molar-refractivity contribution in [2.75, 3.05) is 20.2 Å². The highest BCUT2D eigenvalue weighted by atomic mass is 16.5. The fourth-order valence-corrected chi connectivity index (χ4v) is 4.34. The van der Waals surface area contributed by atoms with Crippen molar-refractivity contribution in [3.63, 3.8) is 0 Å². The van der Waals surface area contributed by atoms with Crippen LogP contribution >= 0.6 is 0 Å². The average molecular weight is 502 g/mol. The molecule has 0 fully saturated rings. The van der Waals surface area contributed by atoms with Crippen LogP contribution in [0.2, 0.25) is 0 Å². The summed E-state index contributed by atoms with van der Waals surface area (Å²) in [4.78, 5) is 32.6.